The fourth-order valence-electron chi connectivity index (χ4n) is 1.16. The Bertz CT molecular complexity index is 399. The molecule has 1 aliphatic heterocycles. The van der Waals surface area contributed by atoms with Crippen LogP contribution in [0.4, 0.5) is 4.39 Å². The van der Waals surface area contributed by atoms with Gasteiger partial charge in [-0.2, -0.15) is 12.6 Å². The molecule has 0 amide bonds. The van der Waals surface area contributed by atoms with Crippen LogP contribution in [0.15, 0.2) is 30.3 Å². The maximum absolute atomic E-state index is 12.6. The van der Waals surface area contributed by atoms with Gasteiger partial charge in [0.05, 0.1) is 9.49 Å². The molecule has 2 rings (SSSR count). The lowest BCUT2D eigenvalue weighted by Crippen LogP contribution is -1.85. The summed E-state index contributed by atoms with van der Waals surface area (Å²) in [5.41, 5.74) is 0.800. The standard InChI is InChI=1S/C9H7FOS3/c10-7-3-1-6(2-4-7)8-5-9(12)13-14(8)11/h1-5,9,12H. The van der Waals surface area contributed by atoms with Gasteiger partial charge < -0.3 is 0 Å². The summed E-state index contributed by atoms with van der Waals surface area (Å²) >= 11 is 4.20. The Morgan fingerprint density at radius 2 is 2.00 bits per heavy atom. The van der Waals surface area contributed by atoms with E-state index in [2.05, 4.69) is 12.6 Å². The molecular formula is C9H7FOS3. The monoisotopic (exact) mass is 246 g/mol. The maximum Gasteiger partial charge on any atom is 0.123 e. The molecule has 74 valence electrons. The Hall–Kier alpha value is -0.260. The summed E-state index contributed by atoms with van der Waals surface area (Å²) in [6, 6.07) is 5.99. The van der Waals surface area contributed by atoms with Crippen LogP contribution in [0.1, 0.15) is 5.56 Å². The van der Waals surface area contributed by atoms with Crippen molar-refractivity contribution in [3.8, 4) is 0 Å². The van der Waals surface area contributed by atoms with Crippen molar-refractivity contribution in [2.75, 3.05) is 0 Å². The molecule has 0 spiro atoms. The van der Waals surface area contributed by atoms with Crippen LogP contribution in [0.5, 0.6) is 0 Å². The molecule has 1 aliphatic rings. The molecule has 14 heavy (non-hydrogen) atoms. The molecule has 0 N–H and O–H groups in total. The van der Waals surface area contributed by atoms with E-state index in [0.717, 1.165) is 10.5 Å². The van der Waals surface area contributed by atoms with Crippen molar-refractivity contribution in [3.05, 3.63) is 41.7 Å². The summed E-state index contributed by atoms with van der Waals surface area (Å²) in [4.78, 5) is 0.731. The molecule has 2 unspecified atom stereocenters. The quantitative estimate of drug-likeness (QED) is 0.606. The Morgan fingerprint density at radius 3 is 2.50 bits per heavy atom. The highest BCUT2D eigenvalue weighted by Crippen LogP contribution is 2.38. The fourth-order valence-corrected chi connectivity index (χ4v) is 4.72. The second-order valence-electron chi connectivity index (χ2n) is 2.76. The van der Waals surface area contributed by atoms with Gasteiger partial charge in [-0.05, 0) is 34.6 Å². The topological polar surface area (TPSA) is 17.1 Å². The average Bonchev–Trinajstić information content (AvgIpc) is 2.47. The van der Waals surface area contributed by atoms with Gasteiger partial charge in [0, 0.05) is 0 Å². The molecular weight excluding hydrogens is 239 g/mol. The van der Waals surface area contributed by atoms with Crippen LogP contribution in [0.2, 0.25) is 0 Å². The number of halogens is 1. The highest BCUT2D eigenvalue weighted by molar-refractivity contribution is 8.74. The van der Waals surface area contributed by atoms with E-state index in [4.69, 9.17) is 0 Å². The summed E-state index contributed by atoms with van der Waals surface area (Å²) in [6.07, 6.45) is 1.83. The molecule has 1 nitrogen and oxygen atoms in total. The Labute approximate surface area is 93.0 Å². The van der Waals surface area contributed by atoms with Crippen LogP contribution in [0, 0.1) is 5.82 Å². The van der Waals surface area contributed by atoms with Crippen LogP contribution < -0.4 is 0 Å². The second kappa shape index (κ2) is 4.08. The third-order valence-electron chi connectivity index (χ3n) is 1.79. The molecule has 1 aromatic carbocycles. The lowest BCUT2D eigenvalue weighted by atomic mass is 10.2. The first-order valence-electron chi connectivity index (χ1n) is 3.91. The van der Waals surface area contributed by atoms with Gasteiger partial charge in [-0.25, -0.2) is 8.60 Å². The molecule has 0 bridgehead atoms. The number of rotatable bonds is 1. The van der Waals surface area contributed by atoms with Crippen molar-refractivity contribution in [3.63, 3.8) is 0 Å². The smallest absolute Gasteiger partial charge is 0.123 e. The number of benzene rings is 1. The number of hydrogen-bond acceptors (Lipinski definition) is 3. The summed E-state index contributed by atoms with van der Waals surface area (Å²) in [5, 5.41) is 0. The summed E-state index contributed by atoms with van der Waals surface area (Å²) < 4.78 is 24.1. The van der Waals surface area contributed by atoms with E-state index in [-0.39, 0.29) is 10.4 Å². The van der Waals surface area contributed by atoms with Gasteiger partial charge in [0.2, 0.25) is 0 Å². The van der Waals surface area contributed by atoms with Crippen molar-refractivity contribution in [2.24, 2.45) is 0 Å². The third kappa shape index (κ3) is 2.04. The first-order chi connectivity index (χ1) is 6.66. The van der Waals surface area contributed by atoms with Gasteiger partial charge in [0.25, 0.3) is 0 Å². The summed E-state index contributed by atoms with van der Waals surface area (Å²) in [7, 11) is 0.208. The second-order valence-corrected chi connectivity index (χ2v) is 6.76. The Morgan fingerprint density at radius 1 is 1.36 bits per heavy atom. The minimum Gasteiger partial charge on any atom is -0.243 e. The fraction of sp³-hybridized carbons (Fsp3) is 0.111. The molecule has 0 aliphatic carbocycles. The van der Waals surface area contributed by atoms with Crippen molar-refractivity contribution >= 4 is 38.2 Å². The normalized spacial score (nSPS) is 26.3. The zero-order chi connectivity index (χ0) is 10.1. The van der Waals surface area contributed by atoms with Gasteiger partial charge in [0.15, 0.2) is 0 Å². The van der Waals surface area contributed by atoms with Crippen LogP contribution >= 0.6 is 23.4 Å². The van der Waals surface area contributed by atoms with E-state index >= 15 is 0 Å². The lowest BCUT2D eigenvalue weighted by molar-refractivity contribution is 0.627. The van der Waals surface area contributed by atoms with Gasteiger partial charge in [0.1, 0.15) is 15.6 Å². The highest BCUT2D eigenvalue weighted by atomic mass is 33.1. The van der Waals surface area contributed by atoms with E-state index in [1.807, 2.05) is 6.08 Å². The largest absolute Gasteiger partial charge is 0.243 e. The molecule has 0 saturated heterocycles. The predicted octanol–water partition coefficient (Wildman–Crippen LogP) is 2.83. The third-order valence-corrected chi connectivity index (χ3v) is 5.61. The van der Waals surface area contributed by atoms with E-state index in [9.17, 15) is 8.60 Å². The number of thiol groups is 1. The summed E-state index contributed by atoms with van der Waals surface area (Å²) in [5.74, 6) is -0.284. The minimum absolute atomic E-state index is 0.0316. The highest BCUT2D eigenvalue weighted by Gasteiger charge is 2.22. The van der Waals surface area contributed by atoms with Crippen molar-refractivity contribution < 1.29 is 8.60 Å². The molecule has 1 heterocycles. The zero-order valence-corrected chi connectivity index (χ0v) is 9.54. The van der Waals surface area contributed by atoms with Crippen LogP contribution in [-0.2, 0) is 9.83 Å². The SMILES string of the molecule is O=S1SC(S)C=C1c1ccc(F)cc1. The van der Waals surface area contributed by atoms with Gasteiger partial charge in [-0.15, -0.1) is 0 Å². The van der Waals surface area contributed by atoms with Crippen LogP contribution in [0.3, 0.4) is 0 Å². The molecule has 1 aromatic rings. The first kappa shape index (κ1) is 10.3. The lowest BCUT2D eigenvalue weighted by Gasteiger charge is -1.99. The van der Waals surface area contributed by atoms with Gasteiger partial charge >= 0.3 is 0 Å². The first-order valence-corrected chi connectivity index (χ1v) is 6.98. The molecule has 0 radical (unpaired) electrons. The molecule has 2 atom stereocenters. The van der Waals surface area contributed by atoms with Crippen molar-refractivity contribution in [1.82, 2.24) is 0 Å². The predicted molar refractivity (Wildman–Crippen MR) is 62.9 cm³/mol. The maximum atomic E-state index is 12.6. The van der Waals surface area contributed by atoms with E-state index < -0.39 is 9.83 Å². The molecule has 0 aromatic heterocycles. The van der Waals surface area contributed by atoms with E-state index in [1.54, 1.807) is 12.1 Å². The van der Waals surface area contributed by atoms with Crippen LogP contribution in [-0.4, -0.2) is 8.79 Å². The zero-order valence-electron chi connectivity index (χ0n) is 7.01. The molecule has 0 saturated carbocycles. The van der Waals surface area contributed by atoms with Crippen LogP contribution in [0.25, 0.3) is 4.91 Å². The Balaban J connectivity index is 2.36. The number of hydrogen-bond donors (Lipinski definition) is 1. The Kier molecular flexibility index (Phi) is 2.99. The van der Waals surface area contributed by atoms with Crippen molar-refractivity contribution in [1.29, 1.82) is 0 Å². The van der Waals surface area contributed by atoms with E-state index in [1.165, 1.54) is 22.9 Å². The molecule has 0 fully saturated rings. The summed E-state index contributed by atoms with van der Waals surface area (Å²) in [6.45, 7) is 0. The average molecular weight is 246 g/mol. The minimum atomic E-state index is -1.07. The van der Waals surface area contributed by atoms with Gasteiger partial charge in [-0.1, -0.05) is 12.1 Å². The van der Waals surface area contributed by atoms with Gasteiger partial charge in [-0.3, -0.25) is 0 Å². The molecule has 5 heteroatoms. The van der Waals surface area contributed by atoms with E-state index in [0.29, 0.717) is 0 Å². The van der Waals surface area contributed by atoms with Crippen molar-refractivity contribution in [2.45, 2.75) is 4.58 Å².